The van der Waals surface area contributed by atoms with Gasteiger partial charge in [0.25, 0.3) is 0 Å². The lowest BCUT2D eigenvalue weighted by Gasteiger charge is -2.15. The van der Waals surface area contributed by atoms with Gasteiger partial charge in [-0.05, 0) is 19.1 Å². The molecule has 19 heavy (non-hydrogen) atoms. The Morgan fingerprint density at radius 1 is 1.42 bits per heavy atom. The Bertz CT molecular complexity index is 564. The maximum atomic E-state index is 6.23. The predicted molar refractivity (Wildman–Crippen MR) is 76.0 cm³/mol. The van der Waals surface area contributed by atoms with Gasteiger partial charge in [0.1, 0.15) is 0 Å². The van der Waals surface area contributed by atoms with E-state index in [-0.39, 0.29) is 6.04 Å². The monoisotopic (exact) mass is 299 g/mol. The zero-order valence-electron chi connectivity index (χ0n) is 10.7. The van der Waals surface area contributed by atoms with E-state index in [1.54, 1.807) is 16.9 Å². The number of nitrogens with one attached hydrogen (secondary N) is 1. The zero-order valence-corrected chi connectivity index (χ0v) is 12.2. The Labute approximate surface area is 121 Å². The first-order valence-electron chi connectivity index (χ1n) is 5.78. The third-order valence-electron chi connectivity index (χ3n) is 2.97. The molecule has 5 nitrogen and oxygen atoms in total. The molecule has 0 bridgehead atoms. The summed E-state index contributed by atoms with van der Waals surface area (Å²) < 4.78 is 1.76. The van der Waals surface area contributed by atoms with Crippen LogP contribution in [-0.2, 0) is 13.5 Å². The molecule has 2 aromatic rings. The van der Waals surface area contributed by atoms with Crippen molar-refractivity contribution < 1.29 is 0 Å². The van der Waals surface area contributed by atoms with Crippen molar-refractivity contribution in [2.24, 2.45) is 12.9 Å². The van der Waals surface area contributed by atoms with Gasteiger partial charge in [0.05, 0.1) is 33.2 Å². The summed E-state index contributed by atoms with van der Waals surface area (Å²) in [5, 5.41) is 5.54. The minimum atomic E-state index is -0.149. The van der Waals surface area contributed by atoms with Gasteiger partial charge < -0.3 is 0 Å². The SMILES string of the molecule is Cc1nn(C)c(CC(NN)c2ccc(Cl)cn2)c1Cl. The molecule has 102 valence electrons. The molecular formula is C12H15Cl2N5. The molecule has 0 spiro atoms. The second-order valence-electron chi connectivity index (χ2n) is 4.29. The van der Waals surface area contributed by atoms with Gasteiger partial charge in [0.2, 0.25) is 0 Å². The van der Waals surface area contributed by atoms with E-state index in [0.29, 0.717) is 16.5 Å². The molecule has 0 radical (unpaired) electrons. The van der Waals surface area contributed by atoms with Crippen LogP contribution in [0.2, 0.25) is 10.0 Å². The van der Waals surface area contributed by atoms with Crippen molar-refractivity contribution in [2.45, 2.75) is 19.4 Å². The minimum absolute atomic E-state index is 0.149. The number of hydrogen-bond acceptors (Lipinski definition) is 4. The molecule has 3 N–H and O–H groups in total. The molecule has 2 rings (SSSR count). The molecular weight excluding hydrogens is 285 g/mol. The number of halogens is 2. The number of nitrogens with zero attached hydrogens (tertiary/aromatic N) is 3. The number of pyridine rings is 1. The molecule has 0 aliphatic carbocycles. The summed E-state index contributed by atoms with van der Waals surface area (Å²) in [6, 6.07) is 3.47. The Morgan fingerprint density at radius 2 is 2.16 bits per heavy atom. The second kappa shape index (κ2) is 5.88. The van der Waals surface area contributed by atoms with Crippen molar-refractivity contribution >= 4 is 23.2 Å². The van der Waals surface area contributed by atoms with E-state index >= 15 is 0 Å². The first kappa shape index (κ1) is 14.3. The summed E-state index contributed by atoms with van der Waals surface area (Å²) in [4.78, 5) is 4.26. The lowest BCUT2D eigenvalue weighted by Crippen LogP contribution is -2.30. The maximum Gasteiger partial charge on any atom is 0.0847 e. The predicted octanol–water partition coefficient (Wildman–Crippen LogP) is 2.18. The van der Waals surface area contributed by atoms with Crippen molar-refractivity contribution in [3.05, 3.63) is 45.5 Å². The summed E-state index contributed by atoms with van der Waals surface area (Å²) in [5.41, 5.74) is 5.27. The summed E-state index contributed by atoms with van der Waals surface area (Å²) in [6.07, 6.45) is 2.19. The first-order chi connectivity index (χ1) is 9.02. The second-order valence-corrected chi connectivity index (χ2v) is 5.11. The van der Waals surface area contributed by atoms with Crippen LogP contribution in [-0.4, -0.2) is 14.8 Å². The first-order valence-corrected chi connectivity index (χ1v) is 6.54. The highest BCUT2D eigenvalue weighted by atomic mass is 35.5. The van der Waals surface area contributed by atoms with E-state index in [1.165, 1.54) is 0 Å². The fourth-order valence-electron chi connectivity index (χ4n) is 1.94. The number of aryl methyl sites for hydroxylation is 2. The van der Waals surface area contributed by atoms with Crippen LogP contribution in [0.4, 0.5) is 0 Å². The minimum Gasteiger partial charge on any atom is -0.271 e. The topological polar surface area (TPSA) is 68.8 Å². The molecule has 0 saturated heterocycles. The van der Waals surface area contributed by atoms with Gasteiger partial charge in [-0.2, -0.15) is 5.10 Å². The van der Waals surface area contributed by atoms with Crippen molar-refractivity contribution in [2.75, 3.05) is 0 Å². The number of nitrogens with two attached hydrogens (primary N) is 1. The van der Waals surface area contributed by atoms with E-state index in [1.807, 2.05) is 20.0 Å². The molecule has 0 amide bonds. The van der Waals surface area contributed by atoms with Crippen molar-refractivity contribution in [3.8, 4) is 0 Å². The standard InChI is InChI=1S/C12H15Cl2N5/c1-7-12(14)11(19(2)18-7)5-10(17-15)9-4-3-8(13)6-16-9/h3-4,6,10,17H,5,15H2,1-2H3. The normalized spacial score (nSPS) is 12.7. The van der Waals surface area contributed by atoms with Gasteiger partial charge in [-0.3, -0.25) is 20.9 Å². The Balaban J connectivity index is 2.26. The van der Waals surface area contributed by atoms with Crippen LogP contribution < -0.4 is 11.3 Å². The number of rotatable bonds is 4. The molecule has 1 atom stereocenters. The Hall–Kier alpha value is -1.14. The van der Waals surface area contributed by atoms with Crippen molar-refractivity contribution in [1.82, 2.24) is 20.2 Å². The average Bonchev–Trinajstić information content (AvgIpc) is 2.63. The average molecular weight is 300 g/mol. The van der Waals surface area contributed by atoms with E-state index in [9.17, 15) is 0 Å². The smallest absolute Gasteiger partial charge is 0.0847 e. The molecule has 0 saturated carbocycles. The van der Waals surface area contributed by atoms with Gasteiger partial charge in [-0.15, -0.1) is 0 Å². The van der Waals surface area contributed by atoms with Crippen LogP contribution in [0, 0.1) is 6.92 Å². The highest BCUT2D eigenvalue weighted by Gasteiger charge is 2.18. The van der Waals surface area contributed by atoms with Gasteiger partial charge in [-0.1, -0.05) is 23.2 Å². The fraction of sp³-hybridized carbons (Fsp3) is 0.333. The van der Waals surface area contributed by atoms with E-state index < -0.39 is 0 Å². The van der Waals surface area contributed by atoms with Crippen LogP contribution in [0.15, 0.2) is 18.3 Å². The van der Waals surface area contributed by atoms with E-state index in [4.69, 9.17) is 29.0 Å². The summed E-state index contributed by atoms with van der Waals surface area (Å²) >= 11 is 12.1. The van der Waals surface area contributed by atoms with Crippen LogP contribution in [0.1, 0.15) is 23.1 Å². The molecule has 1 unspecified atom stereocenters. The molecule has 2 aromatic heterocycles. The molecule has 0 fully saturated rings. The summed E-state index contributed by atoms with van der Waals surface area (Å²) in [7, 11) is 1.86. The Kier molecular flexibility index (Phi) is 4.42. The Morgan fingerprint density at radius 3 is 2.63 bits per heavy atom. The quantitative estimate of drug-likeness (QED) is 0.671. The van der Waals surface area contributed by atoms with Crippen LogP contribution >= 0.6 is 23.2 Å². The number of hydrazine groups is 1. The molecule has 0 aromatic carbocycles. The van der Waals surface area contributed by atoms with Gasteiger partial charge in [0, 0.05) is 19.7 Å². The van der Waals surface area contributed by atoms with Crippen molar-refractivity contribution in [3.63, 3.8) is 0 Å². The number of hydrogen-bond donors (Lipinski definition) is 2. The zero-order chi connectivity index (χ0) is 14.0. The molecule has 7 heteroatoms. The molecule has 2 heterocycles. The molecule has 0 aliphatic rings. The maximum absolute atomic E-state index is 6.23. The van der Waals surface area contributed by atoms with Crippen LogP contribution in [0.3, 0.4) is 0 Å². The van der Waals surface area contributed by atoms with E-state index in [0.717, 1.165) is 17.1 Å². The van der Waals surface area contributed by atoms with E-state index in [2.05, 4.69) is 15.5 Å². The highest BCUT2D eigenvalue weighted by molar-refractivity contribution is 6.31. The highest BCUT2D eigenvalue weighted by Crippen LogP contribution is 2.24. The van der Waals surface area contributed by atoms with Crippen LogP contribution in [0.5, 0.6) is 0 Å². The molecule has 0 aliphatic heterocycles. The largest absolute Gasteiger partial charge is 0.271 e. The van der Waals surface area contributed by atoms with Crippen molar-refractivity contribution in [1.29, 1.82) is 0 Å². The lowest BCUT2D eigenvalue weighted by atomic mass is 10.1. The third kappa shape index (κ3) is 3.06. The van der Waals surface area contributed by atoms with Gasteiger partial charge in [0.15, 0.2) is 0 Å². The van der Waals surface area contributed by atoms with Gasteiger partial charge in [-0.25, -0.2) is 0 Å². The fourth-order valence-corrected chi connectivity index (χ4v) is 2.29. The lowest BCUT2D eigenvalue weighted by molar-refractivity contribution is 0.518. The van der Waals surface area contributed by atoms with Crippen LogP contribution in [0.25, 0.3) is 0 Å². The third-order valence-corrected chi connectivity index (χ3v) is 3.68. The number of aromatic nitrogens is 3. The van der Waals surface area contributed by atoms with Gasteiger partial charge >= 0.3 is 0 Å². The summed E-state index contributed by atoms with van der Waals surface area (Å²) in [5.74, 6) is 5.60. The summed E-state index contributed by atoms with van der Waals surface area (Å²) in [6.45, 7) is 1.87.